The molecule has 0 unspecified atom stereocenters. The Morgan fingerprint density at radius 2 is 2.12 bits per heavy atom. The first-order valence-corrected chi connectivity index (χ1v) is 9.81. The minimum atomic E-state index is -0.0936. The minimum absolute atomic E-state index is 0.0936. The largest absolute Gasteiger partial charge is 0.348 e. The zero-order valence-corrected chi connectivity index (χ0v) is 16.2. The van der Waals surface area contributed by atoms with Gasteiger partial charge >= 0.3 is 0 Å². The van der Waals surface area contributed by atoms with Crippen LogP contribution in [0.2, 0.25) is 0 Å². The molecule has 0 bridgehead atoms. The lowest BCUT2D eigenvalue weighted by Gasteiger charge is -2.31. The van der Waals surface area contributed by atoms with Crippen LogP contribution in [-0.2, 0) is 7.05 Å². The molecule has 1 saturated heterocycles. The fourth-order valence-electron chi connectivity index (χ4n) is 3.03. The SMILES string of the molecule is Cn1ccc(C(=O)NC2CCN(c3nc4ccc(Br)cc4s3)CC2)n1. The molecule has 0 radical (unpaired) electrons. The number of piperidine rings is 1. The Kier molecular flexibility index (Phi) is 4.47. The van der Waals surface area contributed by atoms with Crippen LogP contribution in [-0.4, -0.2) is 39.8 Å². The average Bonchev–Trinajstić information content (AvgIpc) is 3.21. The number of halogens is 1. The summed E-state index contributed by atoms with van der Waals surface area (Å²) < 4.78 is 3.91. The van der Waals surface area contributed by atoms with Gasteiger partial charge in [0.2, 0.25) is 0 Å². The monoisotopic (exact) mass is 419 g/mol. The number of fused-ring (bicyclic) bond motifs is 1. The van der Waals surface area contributed by atoms with Crippen LogP contribution in [0.4, 0.5) is 5.13 Å². The number of anilines is 1. The summed E-state index contributed by atoms with van der Waals surface area (Å²) in [6.07, 6.45) is 3.61. The zero-order valence-electron chi connectivity index (χ0n) is 13.8. The van der Waals surface area contributed by atoms with Crippen LogP contribution < -0.4 is 10.2 Å². The van der Waals surface area contributed by atoms with Gasteiger partial charge in [0.05, 0.1) is 10.2 Å². The predicted molar refractivity (Wildman–Crippen MR) is 103 cm³/mol. The number of hydrogen-bond donors (Lipinski definition) is 1. The van der Waals surface area contributed by atoms with Crippen LogP contribution in [0.25, 0.3) is 10.2 Å². The molecule has 0 spiro atoms. The normalized spacial score (nSPS) is 15.7. The number of hydrogen-bond acceptors (Lipinski definition) is 5. The van der Waals surface area contributed by atoms with Crippen molar-refractivity contribution in [3.8, 4) is 0 Å². The Morgan fingerprint density at radius 3 is 2.84 bits per heavy atom. The van der Waals surface area contributed by atoms with Crippen molar-refractivity contribution in [3.63, 3.8) is 0 Å². The number of nitrogens with one attached hydrogen (secondary N) is 1. The Bertz CT molecular complexity index is 913. The number of thiazole rings is 1. The molecule has 25 heavy (non-hydrogen) atoms. The topological polar surface area (TPSA) is 63.1 Å². The first kappa shape index (κ1) is 16.5. The van der Waals surface area contributed by atoms with Gasteiger partial charge in [0.25, 0.3) is 5.91 Å². The Hall–Kier alpha value is -1.93. The summed E-state index contributed by atoms with van der Waals surface area (Å²) in [6.45, 7) is 1.79. The van der Waals surface area contributed by atoms with Gasteiger partial charge in [-0.25, -0.2) is 4.98 Å². The Labute approximate surface area is 158 Å². The molecule has 130 valence electrons. The number of aromatic nitrogens is 3. The third-order valence-corrected chi connectivity index (χ3v) is 5.96. The number of carbonyl (C=O) groups is 1. The third kappa shape index (κ3) is 3.55. The van der Waals surface area contributed by atoms with Gasteiger partial charge in [-0.05, 0) is 37.1 Å². The van der Waals surface area contributed by atoms with Crippen molar-refractivity contribution in [2.45, 2.75) is 18.9 Å². The van der Waals surface area contributed by atoms with Gasteiger partial charge in [0, 0.05) is 36.8 Å². The molecule has 2 aromatic heterocycles. The fourth-order valence-corrected chi connectivity index (χ4v) is 4.60. The molecule has 0 saturated carbocycles. The van der Waals surface area contributed by atoms with E-state index in [1.54, 1.807) is 28.3 Å². The highest BCUT2D eigenvalue weighted by atomic mass is 79.9. The second-order valence-electron chi connectivity index (χ2n) is 6.22. The molecule has 3 aromatic rings. The molecule has 6 nitrogen and oxygen atoms in total. The summed E-state index contributed by atoms with van der Waals surface area (Å²) in [5, 5.41) is 8.30. The van der Waals surface area contributed by atoms with E-state index in [-0.39, 0.29) is 11.9 Å². The molecule has 1 aliphatic heterocycles. The van der Waals surface area contributed by atoms with E-state index in [4.69, 9.17) is 4.98 Å². The number of rotatable bonds is 3. The summed E-state index contributed by atoms with van der Waals surface area (Å²) in [7, 11) is 1.81. The molecule has 8 heteroatoms. The van der Waals surface area contributed by atoms with Crippen LogP contribution in [0.1, 0.15) is 23.3 Å². The lowest BCUT2D eigenvalue weighted by Crippen LogP contribution is -2.44. The van der Waals surface area contributed by atoms with E-state index in [0.29, 0.717) is 5.69 Å². The van der Waals surface area contributed by atoms with Crippen LogP contribution in [0.15, 0.2) is 34.9 Å². The summed E-state index contributed by atoms with van der Waals surface area (Å²) in [5.41, 5.74) is 1.51. The number of amides is 1. The molecule has 1 amide bonds. The van der Waals surface area contributed by atoms with Crippen molar-refractivity contribution >= 4 is 48.5 Å². The minimum Gasteiger partial charge on any atom is -0.348 e. The van der Waals surface area contributed by atoms with E-state index >= 15 is 0 Å². The maximum absolute atomic E-state index is 12.2. The maximum Gasteiger partial charge on any atom is 0.271 e. The van der Waals surface area contributed by atoms with Crippen molar-refractivity contribution in [2.24, 2.45) is 7.05 Å². The molecule has 1 aromatic carbocycles. The van der Waals surface area contributed by atoms with Gasteiger partial charge in [-0.15, -0.1) is 0 Å². The van der Waals surface area contributed by atoms with Gasteiger partial charge in [-0.1, -0.05) is 27.3 Å². The van der Waals surface area contributed by atoms with Crippen molar-refractivity contribution in [3.05, 3.63) is 40.6 Å². The smallest absolute Gasteiger partial charge is 0.271 e. The molecular formula is C17H18BrN5OS. The second-order valence-corrected chi connectivity index (χ2v) is 8.14. The highest BCUT2D eigenvalue weighted by molar-refractivity contribution is 9.10. The molecule has 3 heterocycles. The summed E-state index contributed by atoms with van der Waals surface area (Å²) in [4.78, 5) is 19.3. The zero-order chi connectivity index (χ0) is 17.4. The highest BCUT2D eigenvalue weighted by Gasteiger charge is 2.23. The molecule has 4 rings (SSSR count). The third-order valence-electron chi connectivity index (χ3n) is 4.39. The van der Waals surface area contributed by atoms with E-state index in [1.807, 2.05) is 19.2 Å². The predicted octanol–water partition coefficient (Wildman–Crippen LogP) is 3.19. The maximum atomic E-state index is 12.2. The molecule has 0 aliphatic carbocycles. The van der Waals surface area contributed by atoms with Gasteiger partial charge in [-0.3, -0.25) is 9.48 Å². The first-order chi connectivity index (χ1) is 12.1. The van der Waals surface area contributed by atoms with E-state index in [2.05, 4.69) is 37.3 Å². The van der Waals surface area contributed by atoms with Crippen LogP contribution in [0.5, 0.6) is 0 Å². The van der Waals surface area contributed by atoms with Crippen molar-refractivity contribution in [1.29, 1.82) is 0 Å². The molecule has 1 N–H and O–H groups in total. The number of benzene rings is 1. The van der Waals surface area contributed by atoms with Crippen molar-refractivity contribution in [1.82, 2.24) is 20.1 Å². The molecular weight excluding hydrogens is 402 g/mol. The Balaban J connectivity index is 1.38. The van der Waals surface area contributed by atoms with Crippen LogP contribution in [0.3, 0.4) is 0 Å². The lowest BCUT2D eigenvalue weighted by atomic mass is 10.1. The summed E-state index contributed by atoms with van der Waals surface area (Å²) >= 11 is 5.23. The number of aryl methyl sites for hydroxylation is 1. The number of nitrogens with zero attached hydrogens (tertiary/aromatic N) is 4. The van der Waals surface area contributed by atoms with Crippen molar-refractivity contribution in [2.75, 3.05) is 18.0 Å². The van der Waals surface area contributed by atoms with Crippen LogP contribution in [0, 0.1) is 0 Å². The van der Waals surface area contributed by atoms with Crippen LogP contribution >= 0.6 is 27.3 Å². The Morgan fingerprint density at radius 1 is 1.32 bits per heavy atom. The van der Waals surface area contributed by atoms with E-state index < -0.39 is 0 Å². The van der Waals surface area contributed by atoms with Gasteiger partial charge in [0.15, 0.2) is 5.13 Å². The lowest BCUT2D eigenvalue weighted by molar-refractivity contribution is 0.0925. The van der Waals surface area contributed by atoms with Gasteiger partial charge < -0.3 is 10.2 Å². The standard InChI is InChI=1S/C17H18BrN5OS/c1-22-7-6-14(21-22)16(24)19-12-4-8-23(9-5-12)17-20-13-3-2-11(18)10-15(13)25-17/h2-3,6-7,10,12H,4-5,8-9H2,1H3,(H,19,24). The highest BCUT2D eigenvalue weighted by Crippen LogP contribution is 2.32. The molecule has 1 fully saturated rings. The summed E-state index contributed by atoms with van der Waals surface area (Å²) in [6, 6.07) is 8.10. The van der Waals surface area contributed by atoms with Gasteiger partial charge in [-0.2, -0.15) is 5.10 Å². The molecule has 0 atom stereocenters. The van der Waals surface area contributed by atoms with E-state index in [9.17, 15) is 4.79 Å². The second kappa shape index (κ2) is 6.76. The quantitative estimate of drug-likeness (QED) is 0.707. The average molecular weight is 420 g/mol. The first-order valence-electron chi connectivity index (χ1n) is 8.20. The van der Waals surface area contributed by atoms with E-state index in [0.717, 1.165) is 41.1 Å². The van der Waals surface area contributed by atoms with E-state index in [1.165, 1.54) is 4.70 Å². The van der Waals surface area contributed by atoms with Crippen molar-refractivity contribution < 1.29 is 4.79 Å². The fraction of sp³-hybridized carbons (Fsp3) is 0.353. The number of carbonyl (C=O) groups excluding carboxylic acids is 1. The molecule has 1 aliphatic rings. The van der Waals surface area contributed by atoms with Gasteiger partial charge in [0.1, 0.15) is 5.69 Å². The summed E-state index contributed by atoms with van der Waals surface area (Å²) in [5.74, 6) is -0.0936.